The number of benzene rings is 1. The minimum Gasteiger partial charge on any atom is -0.329 e. The first-order valence-electron chi connectivity index (χ1n) is 6.10. The average Bonchev–Trinajstić information content (AvgIpc) is 2.37. The highest BCUT2D eigenvalue weighted by molar-refractivity contribution is 7.89. The fraction of sp³-hybridized carbons (Fsp3) is 0.462. The summed E-state index contributed by atoms with van der Waals surface area (Å²) in [6.45, 7) is 5.62. The Morgan fingerprint density at radius 1 is 1.50 bits per heavy atom. The number of nitrogens with one attached hydrogen (secondary N) is 1. The first-order chi connectivity index (χ1) is 9.16. The molecule has 1 atom stereocenters. The van der Waals surface area contributed by atoms with Gasteiger partial charge < -0.3 is 5.73 Å². The fourth-order valence-electron chi connectivity index (χ4n) is 1.57. The van der Waals surface area contributed by atoms with Gasteiger partial charge in [-0.05, 0) is 31.0 Å². The molecule has 0 saturated carbocycles. The maximum absolute atomic E-state index is 12.5. The van der Waals surface area contributed by atoms with Crippen LogP contribution in [0.2, 0.25) is 5.02 Å². The van der Waals surface area contributed by atoms with Crippen molar-refractivity contribution in [3.8, 4) is 6.07 Å². The summed E-state index contributed by atoms with van der Waals surface area (Å²) in [5.74, 6) is -0.00741. The maximum Gasteiger partial charge on any atom is 0.242 e. The molecule has 20 heavy (non-hydrogen) atoms. The predicted octanol–water partition coefficient (Wildman–Crippen LogP) is 1.86. The molecule has 0 aliphatic carbocycles. The summed E-state index contributed by atoms with van der Waals surface area (Å²) in [6.07, 6.45) is 0. The third-order valence-corrected chi connectivity index (χ3v) is 5.31. The predicted molar refractivity (Wildman–Crippen MR) is 78.8 cm³/mol. The fourth-order valence-corrected chi connectivity index (χ4v) is 3.53. The van der Waals surface area contributed by atoms with Gasteiger partial charge in [-0.3, -0.25) is 0 Å². The number of sulfonamides is 1. The zero-order valence-corrected chi connectivity index (χ0v) is 13.2. The second-order valence-electron chi connectivity index (χ2n) is 5.13. The highest BCUT2D eigenvalue weighted by Crippen LogP contribution is 2.24. The molecule has 0 aliphatic heterocycles. The molecule has 0 fully saturated rings. The lowest BCUT2D eigenvalue weighted by molar-refractivity contribution is 0.315. The van der Waals surface area contributed by atoms with Crippen molar-refractivity contribution in [2.75, 3.05) is 6.54 Å². The zero-order chi connectivity index (χ0) is 15.6. The van der Waals surface area contributed by atoms with E-state index in [-0.39, 0.29) is 27.9 Å². The highest BCUT2D eigenvalue weighted by atomic mass is 35.5. The van der Waals surface area contributed by atoms with Crippen molar-refractivity contribution in [3.05, 3.63) is 28.8 Å². The Morgan fingerprint density at radius 2 is 2.10 bits per heavy atom. The Balaban J connectivity index is 3.32. The van der Waals surface area contributed by atoms with Crippen LogP contribution in [-0.2, 0) is 10.0 Å². The minimum absolute atomic E-state index is 0.00741. The standard InChI is InChI=1S/C13H18ClN3O2S/c1-9(2)13(3,8-16)17-20(18,19)12-6-11(14)5-4-10(12)7-15/h4-6,9,17H,8,16H2,1-3H3. The zero-order valence-electron chi connectivity index (χ0n) is 11.6. The van der Waals surface area contributed by atoms with Gasteiger partial charge in [0.1, 0.15) is 11.0 Å². The Bertz CT molecular complexity index is 638. The number of hydrogen-bond donors (Lipinski definition) is 2. The number of nitriles is 1. The van der Waals surface area contributed by atoms with E-state index in [1.807, 2.05) is 19.9 Å². The van der Waals surface area contributed by atoms with E-state index in [0.717, 1.165) is 0 Å². The molecular weight excluding hydrogens is 298 g/mol. The van der Waals surface area contributed by atoms with Crippen LogP contribution in [0.3, 0.4) is 0 Å². The van der Waals surface area contributed by atoms with E-state index in [9.17, 15) is 8.42 Å². The number of nitrogens with zero attached hydrogens (tertiary/aromatic N) is 1. The number of nitrogens with two attached hydrogens (primary N) is 1. The molecule has 3 N–H and O–H groups in total. The molecule has 7 heteroatoms. The van der Waals surface area contributed by atoms with E-state index >= 15 is 0 Å². The van der Waals surface area contributed by atoms with Crippen LogP contribution in [0.15, 0.2) is 23.1 Å². The van der Waals surface area contributed by atoms with Crippen molar-refractivity contribution in [3.63, 3.8) is 0 Å². The minimum atomic E-state index is -3.88. The molecule has 0 aromatic heterocycles. The van der Waals surface area contributed by atoms with Crippen LogP contribution in [0.5, 0.6) is 0 Å². The van der Waals surface area contributed by atoms with Crippen LogP contribution >= 0.6 is 11.6 Å². The van der Waals surface area contributed by atoms with Gasteiger partial charge in [0, 0.05) is 17.1 Å². The van der Waals surface area contributed by atoms with E-state index in [1.165, 1.54) is 18.2 Å². The molecular formula is C13H18ClN3O2S. The lowest BCUT2D eigenvalue weighted by atomic mass is 9.90. The number of hydrogen-bond acceptors (Lipinski definition) is 4. The van der Waals surface area contributed by atoms with Gasteiger partial charge in [0.05, 0.1) is 5.56 Å². The molecule has 0 spiro atoms. The molecule has 0 amide bonds. The molecule has 0 radical (unpaired) electrons. The number of rotatable bonds is 5. The first-order valence-corrected chi connectivity index (χ1v) is 7.96. The Morgan fingerprint density at radius 3 is 2.55 bits per heavy atom. The maximum atomic E-state index is 12.5. The summed E-state index contributed by atoms with van der Waals surface area (Å²) in [5.41, 5.74) is 4.92. The topological polar surface area (TPSA) is 96.0 Å². The van der Waals surface area contributed by atoms with Crippen molar-refractivity contribution >= 4 is 21.6 Å². The lowest BCUT2D eigenvalue weighted by Crippen LogP contribution is -2.54. The van der Waals surface area contributed by atoms with Crippen LogP contribution in [-0.4, -0.2) is 20.5 Å². The second kappa shape index (κ2) is 6.10. The van der Waals surface area contributed by atoms with Crippen molar-refractivity contribution in [2.24, 2.45) is 11.7 Å². The quantitative estimate of drug-likeness (QED) is 0.866. The SMILES string of the molecule is CC(C)C(C)(CN)NS(=O)(=O)c1cc(Cl)ccc1C#N. The van der Waals surface area contributed by atoms with Gasteiger partial charge in [-0.25, -0.2) is 13.1 Å². The van der Waals surface area contributed by atoms with E-state index in [1.54, 1.807) is 6.92 Å². The monoisotopic (exact) mass is 315 g/mol. The molecule has 0 saturated heterocycles. The van der Waals surface area contributed by atoms with Gasteiger partial charge in [-0.1, -0.05) is 25.4 Å². The van der Waals surface area contributed by atoms with E-state index in [2.05, 4.69) is 4.72 Å². The third-order valence-electron chi connectivity index (χ3n) is 3.42. The summed E-state index contributed by atoms with van der Waals surface area (Å²) in [5, 5.41) is 9.28. The van der Waals surface area contributed by atoms with Crippen molar-refractivity contribution < 1.29 is 8.42 Å². The molecule has 1 aromatic carbocycles. The normalized spacial score (nSPS) is 14.8. The number of halogens is 1. The van der Waals surface area contributed by atoms with Crippen LogP contribution in [0.1, 0.15) is 26.3 Å². The largest absolute Gasteiger partial charge is 0.329 e. The average molecular weight is 316 g/mol. The molecule has 0 bridgehead atoms. The Labute approximate surface area is 124 Å². The van der Waals surface area contributed by atoms with E-state index in [4.69, 9.17) is 22.6 Å². The second-order valence-corrected chi connectivity index (χ2v) is 7.22. The van der Waals surface area contributed by atoms with Crippen molar-refractivity contribution in [1.82, 2.24) is 4.72 Å². The third kappa shape index (κ3) is 3.49. The van der Waals surface area contributed by atoms with Gasteiger partial charge >= 0.3 is 0 Å². The van der Waals surface area contributed by atoms with Gasteiger partial charge in [0.2, 0.25) is 10.0 Å². The summed E-state index contributed by atoms with van der Waals surface area (Å²) >= 11 is 5.82. The summed E-state index contributed by atoms with van der Waals surface area (Å²) < 4.78 is 27.5. The first kappa shape index (κ1) is 16.9. The van der Waals surface area contributed by atoms with Crippen LogP contribution < -0.4 is 10.5 Å². The molecule has 1 rings (SSSR count). The summed E-state index contributed by atoms with van der Waals surface area (Å²) in [6, 6.07) is 5.97. The van der Waals surface area contributed by atoms with Crippen molar-refractivity contribution in [1.29, 1.82) is 5.26 Å². The Hall–Kier alpha value is -1.13. The van der Waals surface area contributed by atoms with Crippen molar-refractivity contribution in [2.45, 2.75) is 31.2 Å². The van der Waals surface area contributed by atoms with Gasteiger partial charge in [0.25, 0.3) is 0 Å². The van der Waals surface area contributed by atoms with Crippen LogP contribution in [0.25, 0.3) is 0 Å². The van der Waals surface area contributed by atoms with Gasteiger partial charge in [-0.15, -0.1) is 0 Å². The van der Waals surface area contributed by atoms with E-state index in [0.29, 0.717) is 0 Å². The van der Waals surface area contributed by atoms with Gasteiger partial charge in [0.15, 0.2) is 0 Å². The highest BCUT2D eigenvalue weighted by Gasteiger charge is 2.33. The van der Waals surface area contributed by atoms with Crippen LogP contribution in [0.4, 0.5) is 0 Å². The molecule has 1 unspecified atom stereocenters. The van der Waals surface area contributed by atoms with Crippen LogP contribution in [0, 0.1) is 17.2 Å². The summed E-state index contributed by atoms with van der Waals surface area (Å²) in [4.78, 5) is -0.132. The lowest BCUT2D eigenvalue weighted by Gasteiger charge is -2.33. The van der Waals surface area contributed by atoms with Gasteiger partial charge in [-0.2, -0.15) is 5.26 Å². The summed E-state index contributed by atoms with van der Waals surface area (Å²) in [7, 11) is -3.88. The smallest absolute Gasteiger partial charge is 0.242 e. The Kier molecular flexibility index (Phi) is 5.16. The molecule has 0 aliphatic rings. The molecule has 5 nitrogen and oxygen atoms in total. The molecule has 110 valence electrons. The molecule has 0 heterocycles. The molecule has 1 aromatic rings. The van der Waals surface area contributed by atoms with E-state index < -0.39 is 15.6 Å².